The zero-order valence-corrected chi connectivity index (χ0v) is 11.5. The Balaban J connectivity index is 1.90. The smallest absolute Gasteiger partial charge is 0.0755 e. The second-order valence-electron chi connectivity index (χ2n) is 5.38. The van der Waals surface area contributed by atoms with Gasteiger partial charge in [0, 0.05) is 17.3 Å². The van der Waals surface area contributed by atoms with Crippen molar-refractivity contribution in [1.82, 2.24) is 0 Å². The summed E-state index contributed by atoms with van der Waals surface area (Å²) in [7, 11) is 0. The number of rotatable bonds is 3. The van der Waals surface area contributed by atoms with Crippen molar-refractivity contribution in [3.63, 3.8) is 0 Å². The van der Waals surface area contributed by atoms with Crippen molar-refractivity contribution >= 4 is 17.3 Å². The van der Waals surface area contributed by atoms with Gasteiger partial charge < -0.3 is 10.1 Å². The minimum atomic E-state index is 0.0430. The van der Waals surface area contributed by atoms with Crippen LogP contribution in [0, 0.1) is 6.92 Å². The summed E-state index contributed by atoms with van der Waals surface area (Å²) in [6, 6.07) is 5.91. The average molecular weight is 254 g/mol. The van der Waals surface area contributed by atoms with E-state index >= 15 is 0 Å². The maximum absolute atomic E-state index is 5.95. The van der Waals surface area contributed by atoms with Crippen molar-refractivity contribution in [2.24, 2.45) is 0 Å². The summed E-state index contributed by atoms with van der Waals surface area (Å²) < 4.78 is 5.95. The Morgan fingerprint density at radius 2 is 2.24 bits per heavy atom. The summed E-state index contributed by atoms with van der Waals surface area (Å²) >= 11 is 5.93. The minimum absolute atomic E-state index is 0.0430. The van der Waals surface area contributed by atoms with E-state index in [0.717, 1.165) is 30.1 Å². The van der Waals surface area contributed by atoms with Crippen molar-refractivity contribution < 1.29 is 4.74 Å². The van der Waals surface area contributed by atoms with Gasteiger partial charge in [-0.25, -0.2) is 0 Å². The van der Waals surface area contributed by atoms with Gasteiger partial charge >= 0.3 is 0 Å². The summed E-state index contributed by atoms with van der Waals surface area (Å²) in [5.41, 5.74) is 2.36. The molecule has 1 unspecified atom stereocenters. The highest BCUT2D eigenvalue weighted by molar-refractivity contribution is 6.30. The van der Waals surface area contributed by atoms with Crippen molar-refractivity contribution in [2.75, 3.05) is 11.9 Å². The van der Waals surface area contributed by atoms with Crippen LogP contribution in [-0.2, 0) is 4.74 Å². The molecule has 0 aromatic heterocycles. The third-order valence-electron chi connectivity index (χ3n) is 3.26. The summed E-state index contributed by atoms with van der Waals surface area (Å²) in [5.74, 6) is 0. The van der Waals surface area contributed by atoms with Crippen LogP contribution >= 0.6 is 11.6 Å². The molecular formula is C14H20ClNO. The van der Waals surface area contributed by atoms with Gasteiger partial charge in [0.05, 0.1) is 11.7 Å². The molecule has 0 radical (unpaired) electrons. The standard InChI is InChI=1S/C14H20ClNO/c1-10-8-11(15)4-5-13(10)16-9-12-6-7-14(2,3)17-12/h4-5,8,12,16H,6-7,9H2,1-3H3. The predicted molar refractivity (Wildman–Crippen MR) is 72.9 cm³/mol. The summed E-state index contributed by atoms with van der Waals surface area (Å²) in [4.78, 5) is 0. The Morgan fingerprint density at radius 3 is 2.82 bits per heavy atom. The Kier molecular flexibility index (Phi) is 3.64. The number of nitrogens with one attached hydrogen (secondary N) is 1. The van der Waals surface area contributed by atoms with Crippen molar-refractivity contribution in [1.29, 1.82) is 0 Å². The number of aryl methyl sites for hydroxylation is 1. The van der Waals surface area contributed by atoms with Crippen LogP contribution in [0.2, 0.25) is 5.02 Å². The maximum atomic E-state index is 5.95. The van der Waals surface area contributed by atoms with E-state index < -0.39 is 0 Å². The fourth-order valence-corrected chi connectivity index (χ4v) is 2.50. The van der Waals surface area contributed by atoms with E-state index in [-0.39, 0.29) is 5.60 Å². The van der Waals surface area contributed by atoms with Crippen molar-refractivity contribution in [2.45, 2.75) is 45.3 Å². The first-order chi connectivity index (χ1) is 7.96. The highest BCUT2D eigenvalue weighted by Gasteiger charge is 2.31. The lowest BCUT2D eigenvalue weighted by molar-refractivity contribution is -0.00911. The zero-order chi connectivity index (χ0) is 12.5. The molecule has 17 heavy (non-hydrogen) atoms. The molecule has 3 heteroatoms. The van der Waals surface area contributed by atoms with Crippen LogP contribution in [0.25, 0.3) is 0 Å². The Bertz CT molecular complexity index is 403. The highest BCUT2D eigenvalue weighted by Crippen LogP contribution is 2.29. The molecule has 0 amide bonds. The van der Waals surface area contributed by atoms with Crippen LogP contribution in [0.1, 0.15) is 32.3 Å². The van der Waals surface area contributed by atoms with E-state index in [9.17, 15) is 0 Å². The molecule has 1 aromatic carbocycles. The molecule has 1 aliphatic heterocycles. The van der Waals surface area contributed by atoms with E-state index in [0.29, 0.717) is 6.10 Å². The first-order valence-corrected chi connectivity index (χ1v) is 6.52. The fraction of sp³-hybridized carbons (Fsp3) is 0.571. The minimum Gasteiger partial charge on any atom is -0.382 e. The lowest BCUT2D eigenvalue weighted by Gasteiger charge is -2.20. The zero-order valence-electron chi connectivity index (χ0n) is 10.7. The summed E-state index contributed by atoms with van der Waals surface area (Å²) in [6.45, 7) is 7.24. The first-order valence-electron chi connectivity index (χ1n) is 6.14. The number of hydrogen-bond acceptors (Lipinski definition) is 2. The third kappa shape index (κ3) is 3.36. The van der Waals surface area contributed by atoms with Crippen LogP contribution in [0.3, 0.4) is 0 Å². The summed E-state index contributed by atoms with van der Waals surface area (Å²) in [5, 5.41) is 4.22. The van der Waals surface area contributed by atoms with Crippen LogP contribution in [0.5, 0.6) is 0 Å². The van der Waals surface area contributed by atoms with E-state index in [1.807, 2.05) is 18.2 Å². The molecule has 2 nitrogen and oxygen atoms in total. The molecule has 0 spiro atoms. The molecular weight excluding hydrogens is 234 g/mol. The molecule has 94 valence electrons. The van der Waals surface area contributed by atoms with Gasteiger partial charge in [-0.3, -0.25) is 0 Å². The largest absolute Gasteiger partial charge is 0.382 e. The van der Waals surface area contributed by atoms with Gasteiger partial charge in [-0.15, -0.1) is 0 Å². The van der Waals surface area contributed by atoms with Gasteiger partial charge in [0.1, 0.15) is 0 Å². The van der Waals surface area contributed by atoms with Crippen LogP contribution in [0.4, 0.5) is 5.69 Å². The molecule has 1 saturated heterocycles. The van der Waals surface area contributed by atoms with Crippen molar-refractivity contribution in [3.05, 3.63) is 28.8 Å². The predicted octanol–water partition coefficient (Wildman–Crippen LogP) is 4.02. The topological polar surface area (TPSA) is 21.3 Å². The number of halogens is 1. The molecule has 0 saturated carbocycles. The van der Waals surface area contributed by atoms with Gasteiger partial charge in [0.15, 0.2) is 0 Å². The van der Waals surface area contributed by atoms with Crippen LogP contribution < -0.4 is 5.32 Å². The second kappa shape index (κ2) is 4.87. The molecule has 1 N–H and O–H groups in total. The van der Waals surface area contributed by atoms with Crippen LogP contribution in [0.15, 0.2) is 18.2 Å². The average Bonchev–Trinajstić information content (AvgIpc) is 2.57. The van der Waals surface area contributed by atoms with Gasteiger partial charge in [0.2, 0.25) is 0 Å². The van der Waals surface area contributed by atoms with E-state index in [2.05, 4.69) is 26.1 Å². The lowest BCUT2D eigenvalue weighted by Crippen LogP contribution is -2.25. The molecule has 0 bridgehead atoms. The second-order valence-corrected chi connectivity index (χ2v) is 5.81. The molecule has 0 aliphatic carbocycles. The lowest BCUT2D eigenvalue weighted by atomic mass is 10.1. The van der Waals surface area contributed by atoms with Gasteiger partial charge in [-0.05, 0) is 57.4 Å². The normalized spacial score (nSPS) is 22.7. The molecule has 1 heterocycles. The summed E-state index contributed by atoms with van der Waals surface area (Å²) in [6.07, 6.45) is 2.59. The van der Waals surface area contributed by atoms with Crippen LogP contribution in [-0.4, -0.2) is 18.2 Å². The molecule has 1 fully saturated rings. The number of benzene rings is 1. The Hall–Kier alpha value is -0.730. The van der Waals surface area contributed by atoms with Gasteiger partial charge in [-0.1, -0.05) is 11.6 Å². The van der Waals surface area contributed by atoms with E-state index in [1.165, 1.54) is 5.56 Å². The number of anilines is 1. The van der Waals surface area contributed by atoms with Gasteiger partial charge in [-0.2, -0.15) is 0 Å². The molecule has 1 atom stereocenters. The van der Waals surface area contributed by atoms with Gasteiger partial charge in [0.25, 0.3) is 0 Å². The number of hydrogen-bond donors (Lipinski definition) is 1. The van der Waals surface area contributed by atoms with E-state index in [4.69, 9.17) is 16.3 Å². The monoisotopic (exact) mass is 253 g/mol. The molecule has 1 aromatic rings. The molecule has 1 aliphatic rings. The molecule has 2 rings (SSSR count). The fourth-order valence-electron chi connectivity index (χ4n) is 2.27. The highest BCUT2D eigenvalue weighted by atomic mass is 35.5. The first kappa shape index (κ1) is 12.7. The number of ether oxygens (including phenoxy) is 1. The Labute approximate surface area is 108 Å². The maximum Gasteiger partial charge on any atom is 0.0755 e. The van der Waals surface area contributed by atoms with Crippen molar-refractivity contribution in [3.8, 4) is 0 Å². The van der Waals surface area contributed by atoms with E-state index in [1.54, 1.807) is 0 Å². The Morgan fingerprint density at radius 1 is 1.47 bits per heavy atom. The quantitative estimate of drug-likeness (QED) is 0.879. The third-order valence-corrected chi connectivity index (χ3v) is 3.50. The SMILES string of the molecule is Cc1cc(Cl)ccc1NCC1CCC(C)(C)O1.